The molecule has 1 aromatic heterocycles. The maximum Gasteiger partial charge on any atom is 0.316 e. The predicted octanol–water partition coefficient (Wildman–Crippen LogP) is 3.45. The summed E-state index contributed by atoms with van der Waals surface area (Å²) >= 11 is 1.38. The zero-order valence-electron chi connectivity index (χ0n) is 15.3. The molecule has 1 heterocycles. The average molecular weight is 396 g/mol. The van der Waals surface area contributed by atoms with Gasteiger partial charge in [-0.05, 0) is 36.8 Å². The summed E-state index contributed by atoms with van der Waals surface area (Å²) in [6.45, 7) is 2.68. The second kappa shape index (κ2) is 9.01. The number of amides is 3. The number of aryl methyl sites for hydroxylation is 1. The first-order chi connectivity index (χ1) is 13.5. The minimum absolute atomic E-state index is 0.253. The second-order valence-corrected chi connectivity index (χ2v) is 7.04. The summed E-state index contributed by atoms with van der Waals surface area (Å²) in [6, 6.07) is 14.2. The third-order valence-corrected chi connectivity index (χ3v) is 4.66. The van der Waals surface area contributed by atoms with Crippen molar-refractivity contribution in [3.8, 4) is 5.75 Å². The molecule has 28 heavy (non-hydrogen) atoms. The number of hydrogen-bond donors (Lipinski definition) is 3. The van der Waals surface area contributed by atoms with E-state index in [-0.39, 0.29) is 5.91 Å². The van der Waals surface area contributed by atoms with Gasteiger partial charge in [-0.1, -0.05) is 29.8 Å². The Kier molecular flexibility index (Phi) is 6.23. The smallest absolute Gasteiger partial charge is 0.316 e. The number of carbonyl (C=O) groups is 2. The molecule has 0 aliphatic rings. The molecular formula is C20H20N4O3S. The number of carbonyl (C=O) groups excluding carboxylic acids is 2. The maximum atomic E-state index is 12.3. The van der Waals surface area contributed by atoms with Crippen LogP contribution in [0.25, 0.3) is 0 Å². The first-order valence-electron chi connectivity index (χ1n) is 8.57. The molecule has 0 aliphatic carbocycles. The molecule has 144 valence electrons. The number of aromatic nitrogens is 1. The molecule has 7 nitrogen and oxygen atoms in total. The number of nitrogens with one attached hydrogen (secondary N) is 2. The first kappa shape index (κ1) is 19.4. The van der Waals surface area contributed by atoms with Crippen molar-refractivity contribution in [1.82, 2.24) is 10.3 Å². The van der Waals surface area contributed by atoms with Crippen LogP contribution in [0.1, 0.15) is 26.6 Å². The first-order valence-corrected chi connectivity index (χ1v) is 9.45. The number of hydrogen-bond acceptors (Lipinski definition) is 5. The van der Waals surface area contributed by atoms with E-state index < -0.39 is 6.03 Å². The van der Waals surface area contributed by atoms with Crippen molar-refractivity contribution in [3.63, 3.8) is 0 Å². The van der Waals surface area contributed by atoms with Crippen LogP contribution in [0.5, 0.6) is 5.75 Å². The summed E-state index contributed by atoms with van der Waals surface area (Å²) in [6.07, 6.45) is 0. The molecule has 0 radical (unpaired) electrons. The summed E-state index contributed by atoms with van der Waals surface area (Å²) in [5.41, 5.74) is 8.08. The Balaban J connectivity index is 1.49. The normalized spacial score (nSPS) is 10.3. The van der Waals surface area contributed by atoms with Crippen molar-refractivity contribution in [2.75, 3.05) is 5.32 Å². The number of ether oxygens (including phenoxy) is 1. The molecule has 4 N–H and O–H groups in total. The quantitative estimate of drug-likeness (QED) is 0.569. The number of urea groups is 1. The highest BCUT2D eigenvalue weighted by atomic mass is 32.1. The number of primary amides is 1. The van der Waals surface area contributed by atoms with Crippen molar-refractivity contribution in [3.05, 3.63) is 75.7 Å². The fraction of sp³-hybridized carbons (Fsp3) is 0.150. The average Bonchev–Trinajstić information content (AvgIpc) is 3.15. The highest BCUT2D eigenvalue weighted by Crippen LogP contribution is 2.16. The molecule has 0 atom stereocenters. The van der Waals surface area contributed by atoms with Gasteiger partial charge in [0, 0.05) is 17.6 Å². The molecule has 0 spiro atoms. The van der Waals surface area contributed by atoms with E-state index in [4.69, 9.17) is 10.5 Å². The minimum atomic E-state index is -0.619. The van der Waals surface area contributed by atoms with E-state index in [1.54, 1.807) is 29.6 Å². The molecular weight excluding hydrogens is 376 g/mol. The second-order valence-electron chi connectivity index (χ2n) is 6.10. The van der Waals surface area contributed by atoms with Gasteiger partial charge in [0.15, 0.2) is 0 Å². The number of nitrogens with zero attached hydrogens (tertiary/aromatic N) is 1. The van der Waals surface area contributed by atoms with Crippen LogP contribution in [-0.2, 0) is 13.2 Å². The predicted molar refractivity (Wildman–Crippen MR) is 108 cm³/mol. The summed E-state index contributed by atoms with van der Waals surface area (Å²) in [5.74, 6) is 0.512. The van der Waals surface area contributed by atoms with E-state index in [0.717, 1.165) is 16.3 Å². The number of anilines is 1. The Hall–Kier alpha value is -3.39. The highest BCUT2D eigenvalue weighted by Gasteiger charge is 2.11. The topological polar surface area (TPSA) is 106 Å². The molecule has 0 aliphatic heterocycles. The van der Waals surface area contributed by atoms with Gasteiger partial charge in [0.05, 0.1) is 0 Å². The van der Waals surface area contributed by atoms with Crippen LogP contribution in [-0.4, -0.2) is 16.9 Å². The molecule has 0 unspecified atom stereocenters. The van der Waals surface area contributed by atoms with Crippen molar-refractivity contribution in [1.29, 1.82) is 0 Å². The Morgan fingerprint density at radius 1 is 1.11 bits per heavy atom. The third kappa shape index (κ3) is 5.55. The van der Waals surface area contributed by atoms with Gasteiger partial charge < -0.3 is 21.1 Å². The van der Waals surface area contributed by atoms with Gasteiger partial charge in [-0.15, -0.1) is 11.3 Å². The maximum absolute atomic E-state index is 12.3. The van der Waals surface area contributed by atoms with E-state index in [0.29, 0.717) is 24.5 Å². The van der Waals surface area contributed by atoms with Gasteiger partial charge in [-0.25, -0.2) is 9.78 Å². The zero-order chi connectivity index (χ0) is 19.9. The summed E-state index contributed by atoms with van der Waals surface area (Å²) < 4.78 is 5.69. The number of rotatable bonds is 7. The molecule has 3 amide bonds. The fourth-order valence-electron chi connectivity index (χ4n) is 2.38. The van der Waals surface area contributed by atoms with E-state index in [1.807, 2.05) is 31.2 Å². The fourth-order valence-corrected chi connectivity index (χ4v) is 3.07. The van der Waals surface area contributed by atoms with Crippen LogP contribution >= 0.6 is 11.3 Å². The van der Waals surface area contributed by atoms with Crippen LogP contribution in [0.15, 0.2) is 53.9 Å². The minimum Gasteiger partial charge on any atom is -0.486 e. The highest BCUT2D eigenvalue weighted by molar-refractivity contribution is 7.09. The van der Waals surface area contributed by atoms with Crippen molar-refractivity contribution in [2.24, 2.45) is 5.73 Å². The number of benzene rings is 2. The molecule has 0 bridgehead atoms. The lowest BCUT2D eigenvalue weighted by molar-refractivity contribution is 0.0946. The Labute approximate surface area is 166 Å². The van der Waals surface area contributed by atoms with Crippen LogP contribution in [0.4, 0.5) is 10.5 Å². The molecule has 3 aromatic rings. The molecule has 0 saturated carbocycles. The standard InChI is InChI=1S/C20H20N4O3S/c1-13-2-8-16(9-3-13)27-11-18-24-17(12-28-18)19(25)22-10-14-4-6-15(7-5-14)23-20(21)26/h2-9,12H,10-11H2,1H3,(H,22,25)(H3,21,23,26). The van der Waals surface area contributed by atoms with Gasteiger partial charge >= 0.3 is 6.03 Å². The zero-order valence-corrected chi connectivity index (χ0v) is 16.1. The third-order valence-electron chi connectivity index (χ3n) is 3.84. The molecule has 2 aromatic carbocycles. The Morgan fingerprint density at radius 3 is 2.50 bits per heavy atom. The van der Waals surface area contributed by atoms with Gasteiger partial charge in [-0.2, -0.15) is 0 Å². The largest absolute Gasteiger partial charge is 0.486 e. The van der Waals surface area contributed by atoms with Crippen LogP contribution < -0.4 is 21.1 Å². The van der Waals surface area contributed by atoms with Crippen LogP contribution in [0.3, 0.4) is 0 Å². The molecule has 0 fully saturated rings. The van der Waals surface area contributed by atoms with Gasteiger partial charge in [0.25, 0.3) is 5.91 Å². The van der Waals surface area contributed by atoms with Crippen LogP contribution in [0.2, 0.25) is 0 Å². The molecule has 3 rings (SSSR count). The summed E-state index contributed by atoms with van der Waals surface area (Å²) in [5, 5.41) is 7.74. The molecule has 0 saturated heterocycles. The van der Waals surface area contributed by atoms with Gasteiger partial charge in [-0.3, -0.25) is 4.79 Å². The van der Waals surface area contributed by atoms with E-state index in [1.165, 1.54) is 16.9 Å². The number of nitrogens with two attached hydrogens (primary N) is 1. The monoisotopic (exact) mass is 396 g/mol. The lowest BCUT2D eigenvalue weighted by Gasteiger charge is -2.06. The van der Waals surface area contributed by atoms with E-state index >= 15 is 0 Å². The lowest BCUT2D eigenvalue weighted by atomic mass is 10.2. The Bertz CT molecular complexity index is 952. The van der Waals surface area contributed by atoms with Gasteiger partial charge in [0.2, 0.25) is 0 Å². The summed E-state index contributed by atoms with van der Waals surface area (Å²) in [4.78, 5) is 27.4. The summed E-state index contributed by atoms with van der Waals surface area (Å²) in [7, 11) is 0. The molecule has 8 heteroatoms. The SMILES string of the molecule is Cc1ccc(OCc2nc(C(=O)NCc3ccc(NC(N)=O)cc3)cs2)cc1. The van der Waals surface area contributed by atoms with E-state index in [2.05, 4.69) is 15.6 Å². The van der Waals surface area contributed by atoms with E-state index in [9.17, 15) is 9.59 Å². The van der Waals surface area contributed by atoms with Crippen LogP contribution in [0, 0.1) is 6.92 Å². The van der Waals surface area contributed by atoms with Crippen molar-refractivity contribution in [2.45, 2.75) is 20.1 Å². The number of thiazole rings is 1. The van der Waals surface area contributed by atoms with Crippen molar-refractivity contribution >= 4 is 29.0 Å². The van der Waals surface area contributed by atoms with Crippen molar-refractivity contribution < 1.29 is 14.3 Å². The Morgan fingerprint density at radius 2 is 1.82 bits per heavy atom. The van der Waals surface area contributed by atoms with Gasteiger partial charge in [0.1, 0.15) is 23.1 Å². The lowest BCUT2D eigenvalue weighted by Crippen LogP contribution is -2.23.